The highest BCUT2D eigenvalue weighted by Crippen LogP contribution is 2.39. The number of nitrogens with one attached hydrogen (secondary N) is 1. The van der Waals surface area contributed by atoms with E-state index in [1.807, 2.05) is 55.5 Å². The van der Waals surface area contributed by atoms with Crippen LogP contribution in [-0.2, 0) is 11.4 Å². The number of carbonyl (C=O) groups excluding carboxylic acids is 1. The van der Waals surface area contributed by atoms with Gasteiger partial charge in [0.15, 0.2) is 17.3 Å². The van der Waals surface area contributed by atoms with Crippen molar-refractivity contribution in [1.82, 2.24) is 14.8 Å². The predicted octanol–water partition coefficient (Wildman–Crippen LogP) is 4.84. The number of aromatic nitrogens is 3. The molecule has 1 aromatic heterocycles. The van der Waals surface area contributed by atoms with Gasteiger partial charge in [0.05, 0.1) is 12.2 Å². The molecule has 188 valence electrons. The van der Waals surface area contributed by atoms with E-state index >= 15 is 0 Å². The van der Waals surface area contributed by atoms with Gasteiger partial charge in [-0.2, -0.15) is 4.98 Å². The molecule has 1 unspecified atom stereocenters. The van der Waals surface area contributed by atoms with Gasteiger partial charge in [-0.1, -0.05) is 36.4 Å². The van der Waals surface area contributed by atoms with Gasteiger partial charge in [0, 0.05) is 11.3 Å². The Bertz CT molecular complexity index is 1470. The second kappa shape index (κ2) is 10.1. The van der Waals surface area contributed by atoms with Crippen molar-refractivity contribution in [3.8, 4) is 22.9 Å². The molecule has 2 heterocycles. The van der Waals surface area contributed by atoms with E-state index in [1.165, 1.54) is 12.1 Å². The fraction of sp³-hybridized carbons (Fsp3) is 0.179. The van der Waals surface area contributed by atoms with E-state index in [2.05, 4.69) is 15.4 Å². The zero-order valence-electron chi connectivity index (χ0n) is 20.4. The van der Waals surface area contributed by atoms with Crippen molar-refractivity contribution < 1.29 is 18.7 Å². The van der Waals surface area contributed by atoms with Gasteiger partial charge in [0.2, 0.25) is 11.9 Å². The lowest BCUT2D eigenvalue weighted by Gasteiger charge is -2.28. The number of primary amides is 1. The second-order valence-electron chi connectivity index (χ2n) is 8.55. The number of nitrogens with two attached hydrogens (primary N) is 1. The first-order valence-corrected chi connectivity index (χ1v) is 11.9. The van der Waals surface area contributed by atoms with Gasteiger partial charge in [0.25, 0.3) is 0 Å². The van der Waals surface area contributed by atoms with Crippen LogP contribution in [0.1, 0.15) is 31.0 Å². The highest BCUT2D eigenvalue weighted by molar-refractivity contribution is 5.95. The van der Waals surface area contributed by atoms with Crippen LogP contribution in [0.15, 0.2) is 84.1 Å². The molecule has 0 saturated carbocycles. The molecular weight excluding hydrogens is 473 g/mol. The Hall–Kier alpha value is -4.66. The number of fused-ring (bicyclic) bond motifs is 1. The molecule has 0 aliphatic carbocycles. The fourth-order valence-electron chi connectivity index (χ4n) is 4.32. The van der Waals surface area contributed by atoms with Crippen LogP contribution in [0.25, 0.3) is 11.4 Å². The number of nitrogens with zero attached hydrogens (tertiary/aromatic N) is 3. The van der Waals surface area contributed by atoms with Crippen molar-refractivity contribution in [3.63, 3.8) is 0 Å². The van der Waals surface area contributed by atoms with Crippen LogP contribution >= 0.6 is 0 Å². The van der Waals surface area contributed by atoms with Crippen LogP contribution < -0.4 is 20.5 Å². The summed E-state index contributed by atoms with van der Waals surface area (Å²) in [6.45, 7) is 4.47. The van der Waals surface area contributed by atoms with Gasteiger partial charge in [0.1, 0.15) is 18.5 Å². The molecule has 3 N–H and O–H groups in total. The number of ether oxygens (including phenoxy) is 2. The molecule has 0 fully saturated rings. The summed E-state index contributed by atoms with van der Waals surface area (Å²) >= 11 is 0. The molecule has 5 rings (SSSR count). The Kier molecular flexibility index (Phi) is 6.59. The maximum atomic E-state index is 13.5. The molecule has 3 aromatic carbocycles. The van der Waals surface area contributed by atoms with Crippen LogP contribution in [0.5, 0.6) is 11.5 Å². The lowest BCUT2D eigenvalue weighted by molar-refractivity contribution is -0.115. The van der Waals surface area contributed by atoms with Crippen LogP contribution in [0, 0.1) is 5.82 Å². The van der Waals surface area contributed by atoms with Gasteiger partial charge < -0.3 is 20.5 Å². The number of hydrogen-bond donors (Lipinski definition) is 2. The molecule has 9 heteroatoms. The lowest BCUT2D eigenvalue weighted by Crippen LogP contribution is -2.31. The molecule has 4 aromatic rings. The van der Waals surface area contributed by atoms with Gasteiger partial charge in [-0.25, -0.2) is 9.07 Å². The maximum absolute atomic E-state index is 13.5. The number of halogens is 1. The highest BCUT2D eigenvalue weighted by atomic mass is 19.1. The summed E-state index contributed by atoms with van der Waals surface area (Å²) in [6.07, 6.45) is 0. The van der Waals surface area contributed by atoms with E-state index in [-0.39, 0.29) is 5.82 Å². The van der Waals surface area contributed by atoms with Gasteiger partial charge in [-0.3, -0.25) is 4.79 Å². The highest BCUT2D eigenvalue weighted by Gasteiger charge is 2.34. The van der Waals surface area contributed by atoms with Gasteiger partial charge in [-0.05, 0) is 61.4 Å². The average Bonchev–Trinajstić information content (AvgIpc) is 3.31. The van der Waals surface area contributed by atoms with Crippen molar-refractivity contribution in [3.05, 3.63) is 101 Å². The standard InChI is InChI=1S/C28H26FN5O3/c1-3-36-23-15-20(11-14-22(23)37-16-18-7-5-4-6-8-18)25-24(26(30)35)17(2)31-28-32-27(33-34(25)28)19-9-12-21(29)13-10-19/h4-15,25H,3,16H2,1-2H3,(H2,30,35)(H,31,32,33). The van der Waals surface area contributed by atoms with E-state index in [9.17, 15) is 9.18 Å². The van der Waals surface area contributed by atoms with Gasteiger partial charge >= 0.3 is 0 Å². The quantitative estimate of drug-likeness (QED) is 0.360. The SMILES string of the molecule is CCOc1cc(C2C(C(N)=O)=C(C)Nc3nc(-c4ccc(F)cc4)nn32)ccc1OCc1ccccc1. The van der Waals surface area contributed by atoms with Crippen LogP contribution in [-0.4, -0.2) is 27.3 Å². The van der Waals surface area contributed by atoms with Crippen LogP contribution in [0.3, 0.4) is 0 Å². The maximum Gasteiger partial charge on any atom is 0.248 e. The smallest absolute Gasteiger partial charge is 0.248 e. The fourth-order valence-corrected chi connectivity index (χ4v) is 4.32. The molecule has 0 saturated heterocycles. The molecule has 0 spiro atoms. The zero-order valence-corrected chi connectivity index (χ0v) is 20.4. The van der Waals surface area contributed by atoms with E-state index in [1.54, 1.807) is 23.7 Å². The summed E-state index contributed by atoms with van der Waals surface area (Å²) in [4.78, 5) is 17.2. The monoisotopic (exact) mass is 499 g/mol. The van der Waals surface area contributed by atoms with Crippen molar-refractivity contribution >= 4 is 11.9 Å². The number of allylic oxidation sites excluding steroid dienone is 1. The molecule has 1 aliphatic rings. The molecule has 1 atom stereocenters. The Morgan fingerprint density at radius 2 is 1.81 bits per heavy atom. The molecule has 0 bridgehead atoms. The van der Waals surface area contributed by atoms with Crippen molar-refractivity contribution in [2.75, 3.05) is 11.9 Å². The molecular formula is C28H26FN5O3. The third kappa shape index (κ3) is 4.88. The third-order valence-electron chi connectivity index (χ3n) is 6.04. The summed E-state index contributed by atoms with van der Waals surface area (Å²) < 4.78 is 27.0. The number of rotatable bonds is 8. The van der Waals surface area contributed by atoms with E-state index in [0.29, 0.717) is 53.3 Å². The third-order valence-corrected chi connectivity index (χ3v) is 6.04. The number of anilines is 1. The molecule has 1 amide bonds. The first kappa shape index (κ1) is 24.1. The zero-order chi connectivity index (χ0) is 25.9. The number of carbonyl (C=O) groups is 1. The normalized spacial score (nSPS) is 14.6. The minimum Gasteiger partial charge on any atom is -0.490 e. The van der Waals surface area contributed by atoms with Crippen LogP contribution in [0.2, 0.25) is 0 Å². The van der Waals surface area contributed by atoms with Crippen LogP contribution in [0.4, 0.5) is 10.3 Å². The molecule has 37 heavy (non-hydrogen) atoms. The first-order valence-electron chi connectivity index (χ1n) is 11.9. The molecule has 0 radical (unpaired) electrons. The number of amides is 1. The summed E-state index contributed by atoms with van der Waals surface area (Å²) in [5, 5.41) is 7.78. The van der Waals surface area contributed by atoms with Crippen molar-refractivity contribution in [2.24, 2.45) is 5.73 Å². The first-order chi connectivity index (χ1) is 17.9. The summed E-state index contributed by atoms with van der Waals surface area (Å²) in [5.74, 6) is 1.01. The molecule has 8 nitrogen and oxygen atoms in total. The van der Waals surface area contributed by atoms with E-state index < -0.39 is 11.9 Å². The van der Waals surface area contributed by atoms with Crippen molar-refractivity contribution in [2.45, 2.75) is 26.5 Å². The summed E-state index contributed by atoms with van der Waals surface area (Å²) in [6, 6.07) is 20.6. The Morgan fingerprint density at radius 1 is 1.05 bits per heavy atom. The minimum absolute atomic E-state index is 0.350. The topological polar surface area (TPSA) is 104 Å². The number of benzene rings is 3. The number of hydrogen-bond acceptors (Lipinski definition) is 6. The predicted molar refractivity (Wildman–Crippen MR) is 137 cm³/mol. The van der Waals surface area contributed by atoms with Crippen molar-refractivity contribution in [1.29, 1.82) is 0 Å². The summed E-state index contributed by atoms with van der Waals surface area (Å²) in [5.41, 5.74) is 9.14. The van der Waals surface area contributed by atoms with E-state index in [0.717, 1.165) is 11.1 Å². The average molecular weight is 500 g/mol. The summed E-state index contributed by atoms with van der Waals surface area (Å²) in [7, 11) is 0. The second-order valence-corrected chi connectivity index (χ2v) is 8.55. The van der Waals surface area contributed by atoms with Gasteiger partial charge in [-0.15, -0.1) is 5.10 Å². The Labute approximate surface area is 213 Å². The van der Waals surface area contributed by atoms with E-state index in [4.69, 9.17) is 15.2 Å². The Morgan fingerprint density at radius 3 is 2.51 bits per heavy atom. The largest absolute Gasteiger partial charge is 0.490 e. The lowest BCUT2D eigenvalue weighted by atomic mass is 9.95. The molecule has 1 aliphatic heterocycles. The Balaban J connectivity index is 1.55. The minimum atomic E-state index is -0.655.